The van der Waals surface area contributed by atoms with Gasteiger partial charge in [-0.2, -0.15) is 0 Å². The lowest BCUT2D eigenvalue weighted by Gasteiger charge is -2.25. The molecule has 49 heteroatoms. The van der Waals surface area contributed by atoms with Crippen LogP contribution >= 0.6 is 30.8 Å². The average molecular weight is 1360 g/mol. The van der Waals surface area contributed by atoms with Gasteiger partial charge in [0.25, 0.3) is 0 Å². The molecule has 45 nitrogen and oxygen atoms in total. The smallest absolute Gasteiger partial charge is 0.387 e. The first-order chi connectivity index (χ1) is 43.2. The SMILES string of the molecule is Nc1ncnc2c1ncn2[C@@H]1O[C@H](COP(=O)(O)O[C@@H]2[C@@H](O)[C@@H](COCP(=O)(O)O[C@@H]3[C@H](O)[C@@H](COP(=O)(O)O[C@@H]4[C@@H](O)[C@@H](COCP(=O)(O)O)O[C@H]4n4cnc5c(N)ncnc54)O[C@H]3n3cnc4c(N)ncnc43)O[C@H]2n2cnc3c(N)ncnc32)[C@@H](O)[C@H]1O. The second kappa shape index (κ2) is 25.1. The van der Waals surface area contributed by atoms with E-state index in [0.29, 0.717) is 0 Å². The van der Waals surface area contributed by atoms with Gasteiger partial charge in [0.15, 0.2) is 70.8 Å². The van der Waals surface area contributed by atoms with Crippen molar-refractivity contribution in [2.24, 2.45) is 0 Å². The van der Waals surface area contributed by atoms with Crippen LogP contribution < -0.4 is 22.9 Å². The van der Waals surface area contributed by atoms with Gasteiger partial charge in [-0.25, -0.2) is 68.9 Å². The monoisotopic (exact) mass is 1360 g/mol. The number of rotatable bonds is 24. The number of imidazole rings is 4. The Morgan fingerprint density at radius 3 is 1.07 bits per heavy atom. The number of hydrogen-bond donors (Lipinski definition) is 14. The Balaban J connectivity index is 0.729. The van der Waals surface area contributed by atoms with Crippen LogP contribution in [0.2, 0.25) is 0 Å². The third-order valence-electron chi connectivity index (χ3n) is 14.6. The maximum absolute atomic E-state index is 14.1. The van der Waals surface area contributed by atoms with Crippen LogP contribution in [-0.2, 0) is 69.3 Å². The minimum Gasteiger partial charge on any atom is -0.387 e. The zero-order chi connectivity index (χ0) is 64.6. The second-order valence-electron chi connectivity index (χ2n) is 20.6. The fourth-order valence-corrected chi connectivity index (χ4v) is 13.6. The summed E-state index contributed by atoms with van der Waals surface area (Å²) in [5, 5.41) is 56.9. The fraction of sp³-hybridized carbons (Fsp3) is 0.524. The number of fused-ring (bicyclic) bond motifs is 4. The van der Waals surface area contributed by atoms with Crippen molar-refractivity contribution in [3.8, 4) is 0 Å². The van der Waals surface area contributed by atoms with Gasteiger partial charge in [0.1, 0.15) is 133 Å². The van der Waals surface area contributed by atoms with Crippen LogP contribution in [-0.4, -0.2) is 240 Å². The maximum Gasteiger partial charge on any atom is 0.472 e. The van der Waals surface area contributed by atoms with Crippen LogP contribution in [0.3, 0.4) is 0 Å². The van der Waals surface area contributed by atoms with E-state index >= 15 is 0 Å². The molecule has 3 unspecified atom stereocenters. The normalized spacial score (nSPS) is 30.9. The van der Waals surface area contributed by atoms with Crippen molar-refractivity contribution in [2.45, 2.75) is 98.2 Å². The van der Waals surface area contributed by atoms with E-state index < -0.39 is 168 Å². The quantitative estimate of drug-likeness (QED) is 0.0255. The molecule has 0 radical (unpaired) electrons. The molecule has 4 aliphatic heterocycles. The first kappa shape index (κ1) is 64.6. The molecule has 8 aromatic rings. The lowest BCUT2D eigenvalue weighted by Crippen LogP contribution is -2.37. The number of phosphoric acid groups is 2. The molecule has 8 aromatic heterocycles. The van der Waals surface area contributed by atoms with Gasteiger partial charge >= 0.3 is 30.8 Å². The van der Waals surface area contributed by atoms with Gasteiger partial charge in [0.2, 0.25) is 0 Å². The Morgan fingerprint density at radius 2 is 0.703 bits per heavy atom. The first-order valence-corrected chi connectivity index (χ1v) is 33.0. The summed E-state index contributed by atoms with van der Waals surface area (Å²) >= 11 is 0. The van der Waals surface area contributed by atoms with Crippen molar-refractivity contribution in [3.63, 3.8) is 0 Å². The molecular formula is C42H54N20O25P4. The van der Waals surface area contributed by atoms with Gasteiger partial charge in [0.05, 0.1) is 51.7 Å². The molecule has 0 saturated carbocycles. The highest BCUT2D eigenvalue weighted by atomic mass is 31.2. The molecule has 4 fully saturated rings. The summed E-state index contributed by atoms with van der Waals surface area (Å²) in [7, 11) is -20.8. The van der Waals surface area contributed by atoms with Crippen molar-refractivity contribution in [2.75, 3.05) is 62.1 Å². The summed E-state index contributed by atoms with van der Waals surface area (Å²) in [4.78, 5) is 101. The Hall–Kier alpha value is -6.52. The largest absolute Gasteiger partial charge is 0.472 e. The van der Waals surface area contributed by atoms with Crippen molar-refractivity contribution in [1.82, 2.24) is 78.1 Å². The van der Waals surface area contributed by atoms with E-state index in [1.807, 2.05) is 0 Å². The lowest BCUT2D eigenvalue weighted by atomic mass is 10.1. The van der Waals surface area contributed by atoms with E-state index in [1.165, 1.54) is 10.9 Å². The maximum atomic E-state index is 14.1. The molecule has 12 rings (SSSR count). The zero-order valence-electron chi connectivity index (χ0n) is 45.9. The van der Waals surface area contributed by atoms with Crippen molar-refractivity contribution in [3.05, 3.63) is 50.6 Å². The van der Waals surface area contributed by atoms with E-state index in [4.69, 9.17) is 74.0 Å². The molecule has 0 aliphatic carbocycles. The van der Waals surface area contributed by atoms with Crippen LogP contribution in [0.5, 0.6) is 0 Å². The number of ether oxygens (including phenoxy) is 6. The Morgan fingerprint density at radius 1 is 0.396 bits per heavy atom. The van der Waals surface area contributed by atoms with Crippen LogP contribution in [0.4, 0.5) is 23.3 Å². The molecule has 0 spiro atoms. The number of nitrogen functional groups attached to an aromatic ring is 4. The van der Waals surface area contributed by atoms with Gasteiger partial charge in [-0.3, -0.25) is 50.0 Å². The third kappa shape index (κ3) is 13.0. The van der Waals surface area contributed by atoms with Crippen LogP contribution in [0.15, 0.2) is 50.6 Å². The van der Waals surface area contributed by atoms with Crippen molar-refractivity contribution in [1.29, 1.82) is 0 Å². The number of aromatic nitrogens is 16. The molecule has 12 heterocycles. The zero-order valence-corrected chi connectivity index (χ0v) is 49.5. The highest BCUT2D eigenvalue weighted by molar-refractivity contribution is 7.52. The first-order valence-electron chi connectivity index (χ1n) is 26.4. The molecule has 18 N–H and O–H groups in total. The number of aliphatic hydroxyl groups is 5. The standard InChI is InChI=1S/C42H54N20O25P4/c43-31-19-35(51-5-47-31)59(9-55-19)39-27(67)23(63)17(81-39)3-79-90(73,74)86-30-25(65)16(83-42(30)62-12-58-22-34(46)50-8-54-38(22)62)2-78-14-89(71,72)85-28-26(66)18(84-40(28)60-10-56-20-32(44)48-6-52-36(20)60)4-80-91(75,76)87-29-24(64)15(1-77-13-88(68,69)70)82-41(29)61-11-57-21-33(45)49-7-53-37(21)61/h5-12,15-18,23-30,39-42,63-67H,1-4,13-14H2,(H,71,72)(H,73,74)(H,75,76)(H2,43,47,51)(H2,44,48,52)(H2,45,49,53)(H2,46,50,54)(H2,68,69,70)/t15-,16-,17-,18-,23-,24+,25+,26-,27-,28-,29-,30-,39-,40-,41-,42-/m1/s1. The highest BCUT2D eigenvalue weighted by Crippen LogP contribution is 2.54. The topological polar surface area (TPSA) is 651 Å². The fourth-order valence-electron chi connectivity index (χ4n) is 10.4. The van der Waals surface area contributed by atoms with Crippen LogP contribution in [0.25, 0.3) is 44.7 Å². The van der Waals surface area contributed by atoms with Gasteiger partial charge in [0, 0.05) is 0 Å². The van der Waals surface area contributed by atoms with E-state index in [-0.39, 0.29) is 67.9 Å². The van der Waals surface area contributed by atoms with Gasteiger partial charge in [-0.15, -0.1) is 0 Å². The molecule has 4 saturated heterocycles. The number of phosphoric ester groups is 2. The van der Waals surface area contributed by atoms with Gasteiger partial charge in [-0.05, 0) is 0 Å². The Labute approximate surface area is 505 Å². The summed E-state index contributed by atoms with van der Waals surface area (Å²) in [5.74, 6) is -0.290. The summed E-state index contributed by atoms with van der Waals surface area (Å²) in [5.41, 5.74) is 24.1. The van der Waals surface area contributed by atoms with E-state index in [0.717, 1.165) is 58.0 Å². The Kier molecular flexibility index (Phi) is 17.8. The van der Waals surface area contributed by atoms with Crippen LogP contribution in [0, 0.1) is 0 Å². The predicted molar refractivity (Wildman–Crippen MR) is 294 cm³/mol. The molecule has 492 valence electrons. The highest BCUT2D eigenvalue weighted by Gasteiger charge is 2.55. The summed E-state index contributed by atoms with van der Waals surface area (Å²) in [6.45, 7) is -3.46. The van der Waals surface area contributed by atoms with Gasteiger partial charge in [-0.1, -0.05) is 0 Å². The van der Waals surface area contributed by atoms with E-state index in [9.17, 15) is 68.3 Å². The number of nitrogens with zero attached hydrogens (tertiary/aromatic N) is 16. The summed E-state index contributed by atoms with van der Waals surface area (Å²) in [6, 6.07) is 0. The third-order valence-corrected chi connectivity index (χ3v) is 18.2. The summed E-state index contributed by atoms with van der Waals surface area (Å²) < 4.78 is 120. The molecule has 0 amide bonds. The molecule has 4 aliphatic rings. The number of hydrogen-bond acceptors (Lipinski definition) is 36. The number of nitrogens with two attached hydrogens (primary N) is 4. The number of aliphatic hydroxyl groups excluding tert-OH is 5. The lowest BCUT2D eigenvalue weighted by molar-refractivity contribution is -0.0670. The summed E-state index contributed by atoms with van der Waals surface area (Å²) in [6.07, 6.45) is -21.1. The average Bonchev–Trinajstić information content (AvgIpc) is 1.67. The minimum atomic E-state index is -5.48. The molecule has 0 aromatic carbocycles. The van der Waals surface area contributed by atoms with E-state index in [2.05, 4.69) is 59.8 Å². The van der Waals surface area contributed by atoms with Crippen LogP contribution in [0.1, 0.15) is 24.9 Å². The Bertz CT molecular complexity index is 4190. The molecule has 91 heavy (non-hydrogen) atoms. The van der Waals surface area contributed by atoms with Crippen molar-refractivity contribution >= 4 is 98.8 Å². The van der Waals surface area contributed by atoms with E-state index in [1.54, 1.807) is 0 Å². The minimum absolute atomic E-state index is 0.00246. The van der Waals surface area contributed by atoms with Crippen molar-refractivity contribution < 1.29 is 119 Å². The molecule has 19 atom stereocenters. The van der Waals surface area contributed by atoms with Gasteiger partial charge < -0.3 is 101 Å². The number of anilines is 4. The predicted octanol–water partition coefficient (Wildman–Crippen LogP) is -4.23. The molecular weight excluding hydrogens is 1310 g/mol. The molecule has 0 bridgehead atoms. The second-order valence-corrected chi connectivity index (χ2v) is 26.7.